The Morgan fingerprint density at radius 1 is 1.07 bits per heavy atom. The monoisotopic (exact) mass is 477 g/mol. The summed E-state index contributed by atoms with van der Waals surface area (Å²) in [5.74, 6) is -2.27. The van der Waals surface area contributed by atoms with Crippen LogP contribution in [0.5, 0.6) is 0 Å². The van der Waals surface area contributed by atoms with E-state index in [4.69, 9.17) is 5.73 Å². The summed E-state index contributed by atoms with van der Waals surface area (Å²) in [5.41, 5.74) is 5.56. The van der Waals surface area contributed by atoms with Crippen molar-refractivity contribution >= 4 is 45.2 Å². The SMILES string of the molecule is CC(=O)N1CCN(c2cc(Br)c(-n3c(N)c4c(cc3=O)C(=O)NC4=O)cc2F)CC1. The van der Waals surface area contributed by atoms with Gasteiger partial charge in [-0.1, -0.05) is 0 Å². The molecule has 1 aromatic heterocycles. The first kappa shape index (κ1) is 20.1. The molecule has 0 unspecified atom stereocenters. The quantitative estimate of drug-likeness (QED) is 0.619. The lowest BCUT2D eigenvalue weighted by atomic mass is 10.1. The van der Waals surface area contributed by atoms with Gasteiger partial charge in [-0.15, -0.1) is 0 Å². The third kappa shape index (κ3) is 3.15. The highest BCUT2D eigenvalue weighted by Gasteiger charge is 2.32. The average Bonchev–Trinajstić information content (AvgIpc) is 2.97. The number of hydrogen-bond acceptors (Lipinski definition) is 6. The van der Waals surface area contributed by atoms with Crippen LogP contribution < -0.4 is 21.5 Å². The van der Waals surface area contributed by atoms with Crippen LogP contribution in [0.3, 0.4) is 0 Å². The molecule has 1 fully saturated rings. The molecule has 3 amide bonds. The fraction of sp³-hybridized carbons (Fsp3) is 0.263. The molecular weight excluding hydrogens is 461 g/mol. The number of fused-ring (bicyclic) bond motifs is 1. The molecule has 9 nitrogen and oxygen atoms in total. The summed E-state index contributed by atoms with van der Waals surface area (Å²) in [6, 6.07) is 3.68. The number of anilines is 2. The van der Waals surface area contributed by atoms with Crippen LogP contribution in [-0.4, -0.2) is 53.4 Å². The smallest absolute Gasteiger partial charge is 0.262 e. The van der Waals surface area contributed by atoms with Crippen molar-refractivity contribution in [3.05, 3.63) is 50.0 Å². The van der Waals surface area contributed by atoms with Gasteiger partial charge in [0, 0.05) is 49.7 Å². The van der Waals surface area contributed by atoms with Crippen molar-refractivity contribution in [3.8, 4) is 5.69 Å². The second kappa shape index (κ2) is 7.24. The molecule has 0 spiro atoms. The number of nitrogens with one attached hydrogen (secondary N) is 1. The highest BCUT2D eigenvalue weighted by atomic mass is 79.9. The lowest BCUT2D eigenvalue weighted by Gasteiger charge is -2.36. The minimum absolute atomic E-state index is 0.0272. The van der Waals surface area contributed by atoms with E-state index >= 15 is 0 Å². The first-order valence-electron chi connectivity index (χ1n) is 9.10. The zero-order valence-corrected chi connectivity index (χ0v) is 17.5. The second-order valence-corrected chi connectivity index (χ2v) is 7.88. The Hall–Kier alpha value is -3.21. The topological polar surface area (TPSA) is 118 Å². The Labute approximate surface area is 178 Å². The third-order valence-corrected chi connectivity index (χ3v) is 5.91. The molecule has 4 rings (SSSR count). The minimum atomic E-state index is -0.710. The first-order chi connectivity index (χ1) is 14.2. The lowest BCUT2D eigenvalue weighted by Crippen LogP contribution is -2.48. The molecule has 0 bridgehead atoms. The fourth-order valence-electron chi connectivity index (χ4n) is 3.73. The molecule has 1 aromatic carbocycles. The number of nitrogens with two attached hydrogens (primary N) is 1. The van der Waals surface area contributed by atoms with Gasteiger partial charge in [0.15, 0.2) is 0 Å². The number of pyridine rings is 1. The molecule has 2 aliphatic heterocycles. The summed E-state index contributed by atoms with van der Waals surface area (Å²) in [5, 5.41) is 2.09. The molecule has 0 radical (unpaired) electrons. The van der Waals surface area contributed by atoms with Crippen LogP contribution in [0.4, 0.5) is 15.9 Å². The maximum absolute atomic E-state index is 15.0. The number of nitrogen functional groups attached to an aromatic ring is 1. The van der Waals surface area contributed by atoms with E-state index in [1.54, 1.807) is 4.90 Å². The Balaban J connectivity index is 1.75. The van der Waals surface area contributed by atoms with Crippen molar-refractivity contribution in [3.63, 3.8) is 0 Å². The predicted molar refractivity (Wildman–Crippen MR) is 110 cm³/mol. The molecule has 3 heterocycles. The van der Waals surface area contributed by atoms with Gasteiger partial charge in [0.1, 0.15) is 11.6 Å². The normalized spacial score (nSPS) is 16.0. The van der Waals surface area contributed by atoms with Gasteiger partial charge < -0.3 is 15.5 Å². The molecule has 156 valence electrons. The van der Waals surface area contributed by atoms with Crippen molar-refractivity contribution in [2.75, 3.05) is 36.8 Å². The van der Waals surface area contributed by atoms with E-state index in [9.17, 15) is 23.6 Å². The fourth-order valence-corrected chi connectivity index (χ4v) is 4.24. The molecule has 30 heavy (non-hydrogen) atoms. The molecule has 0 saturated carbocycles. The van der Waals surface area contributed by atoms with Crippen LogP contribution in [0.1, 0.15) is 27.6 Å². The summed E-state index contributed by atoms with van der Waals surface area (Å²) >= 11 is 3.36. The summed E-state index contributed by atoms with van der Waals surface area (Å²) in [6.45, 7) is 3.38. The van der Waals surface area contributed by atoms with Crippen LogP contribution in [0.25, 0.3) is 5.69 Å². The standard InChI is InChI=1S/C19H17BrFN5O4/c1-9(27)24-2-4-25(5-3-24)14-7-11(20)13(8-12(14)21)26-15(28)6-10-16(17(26)22)19(30)23-18(10)29/h6-8H,2-5,22H2,1H3,(H,23,29,30). The molecule has 1 saturated heterocycles. The maximum Gasteiger partial charge on any atom is 0.262 e. The van der Waals surface area contributed by atoms with E-state index in [-0.39, 0.29) is 28.5 Å². The summed E-state index contributed by atoms with van der Waals surface area (Å²) in [7, 11) is 0. The van der Waals surface area contributed by atoms with Crippen molar-refractivity contribution in [2.45, 2.75) is 6.92 Å². The van der Waals surface area contributed by atoms with Gasteiger partial charge in [-0.2, -0.15) is 0 Å². The number of imide groups is 1. The van der Waals surface area contributed by atoms with E-state index < -0.39 is 23.2 Å². The van der Waals surface area contributed by atoms with Crippen molar-refractivity contribution in [2.24, 2.45) is 0 Å². The lowest BCUT2D eigenvalue weighted by molar-refractivity contribution is -0.129. The Morgan fingerprint density at radius 2 is 1.73 bits per heavy atom. The number of amides is 3. The van der Waals surface area contributed by atoms with Gasteiger partial charge >= 0.3 is 0 Å². The number of carbonyl (C=O) groups excluding carboxylic acids is 3. The molecule has 0 atom stereocenters. The average molecular weight is 478 g/mol. The van der Waals surface area contributed by atoms with E-state index in [2.05, 4.69) is 21.2 Å². The summed E-state index contributed by atoms with van der Waals surface area (Å²) in [4.78, 5) is 51.4. The van der Waals surface area contributed by atoms with Gasteiger partial charge in [-0.25, -0.2) is 4.39 Å². The van der Waals surface area contributed by atoms with Crippen LogP contribution in [0, 0.1) is 5.82 Å². The number of benzene rings is 1. The van der Waals surface area contributed by atoms with Gasteiger partial charge in [-0.05, 0) is 22.0 Å². The van der Waals surface area contributed by atoms with Gasteiger partial charge in [0.05, 0.1) is 22.5 Å². The number of carbonyl (C=O) groups is 3. The number of piperazine rings is 1. The van der Waals surface area contributed by atoms with Crippen LogP contribution in [0.15, 0.2) is 27.5 Å². The molecule has 0 aliphatic carbocycles. The Kier molecular flexibility index (Phi) is 4.85. The number of rotatable bonds is 2. The molecule has 2 aliphatic rings. The van der Waals surface area contributed by atoms with Crippen molar-refractivity contribution in [1.82, 2.24) is 14.8 Å². The maximum atomic E-state index is 15.0. The molecule has 2 aromatic rings. The summed E-state index contributed by atoms with van der Waals surface area (Å²) < 4.78 is 16.4. The Morgan fingerprint density at radius 3 is 2.37 bits per heavy atom. The van der Waals surface area contributed by atoms with Gasteiger partial charge in [-0.3, -0.25) is 29.1 Å². The molecular formula is C19H17BrFN5O4. The van der Waals surface area contributed by atoms with Crippen LogP contribution in [-0.2, 0) is 4.79 Å². The first-order valence-corrected chi connectivity index (χ1v) is 9.89. The van der Waals surface area contributed by atoms with Gasteiger partial charge in [0.25, 0.3) is 17.4 Å². The van der Waals surface area contributed by atoms with E-state index in [0.717, 1.165) is 16.7 Å². The minimum Gasteiger partial charge on any atom is -0.384 e. The van der Waals surface area contributed by atoms with E-state index in [1.165, 1.54) is 13.0 Å². The Bertz CT molecular complexity index is 1170. The van der Waals surface area contributed by atoms with Crippen molar-refractivity contribution in [1.29, 1.82) is 0 Å². The summed E-state index contributed by atoms with van der Waals surface area (Å²) in [6.07, 6.45) is 0. The predicted octanol–water partition coefficient (Wildman–Crippen LogP) is 0.873. The highest BCUT2D eigenvalue weighted by Crippen LogP contribution is 2.32. The number of hydrogen-bond donors (Lipinski definition) is 2. The van der Waals surface area contributed by atoms with E-state index in [1.807, 2.05) is 4.90 Å². The molecule has 11 heteroatoms. The number of aromatic nitrogens is 1. The largest absolute Gasteiger partial charge is 0.384 e. The second-order valence-electron chi connectivity index (χ2n) is 7.02. The number of halogens is 2. The molecule has 3 N–H and O–H groups in total. The highest BCUT2D eigenvalue weighted by molar-refractivity contribution is 9.10. The zero-order chi connectivity index (χ0) is 21.7. The van der Waals surface area contributed by atoms with Gasteiger partial charge in [0.2, 0.25) is 5.91 Å². The number of nitrogens with zero attached hydrogens (tertiary/aromatic N) is 3. The van der Waals surface area contributed by atoms with Crippen LogP contribution in [0.2, 0.25) is 0 Å². The van der Waals surface area contributed by atoms with Crippen molar-refractivity contribution < 1.29 is 18.8 Å². The van der Waals surface area contributed by atoms with Crippen LogP contribution >= 0.6 is 15.9 Å². The third-order valence-electron chi connectivity index (χ3n) is 5.28. The van der Waals surface area contributed by atoms with E-state index in [0.29, 0.717) is 36.3 Å². The zero-order valence-electron chi connectivity index (χ0n) is 15.9.